The van der Waals surface area contributed by atoms with Gasteiger partial charge in [0, 0.05) is 17.1 Å². The van der Waals surface area contributed by atoms with Crippen LogP contribution in [0.3, 0.4) is 0 Å². The highest BCUT2D eigenvalue weighted by Crippen LogP contribution is 2.35. The standard InChI is InChI=1S/C16H14ClF3N4OS/c17-12-5-2-10(16(18,19)20)7-9(12)1-6-14(25)21-8-13-22-23-15(26)24(13)11-3-4-11/h1-2,5-7,11H,3-4,8H2,(H,21,25)(H,23,26)/b6-1+. The molecule has 0 radical (unpaired) electrons. The van der Waals surface area contributed by atoms with Crippen LogP contribution in [0.25, 0.3) is 6.08 Å². The predicted molar refractivity (Wildman–Crippen MR) is 93.0 cm³/mol. The summed E-state index contributed by atoms with van der Waals surface area (Å²) in [5.41, 5.74) is -0.723. The van der Waals surface area contributed by atoms with Crippen molar-refractivity contribution < 1.29 is 18.0 Å². The zero-order valence-electron chi connectivity index (χ0n) is 13.3. The number of nitrogens with zero attached hydrogens (tertiary/aromatic N) is 2. The Morgan fingerprint density at radius 1 is 1.46 bits per heavy atom. The second-order valence-electron chi connectivity index (χ2n) is 5.83. The van der Waals surface area contributed by atoms with Crippen molar-refractivity contribution in [3.8, 4) is 0 Å². The zero-order chi connectivity index (χ0) is 18.9. The molecular weight excluding hydrogens is 389 g/mol. The molecule has 0 saturated heterocycles. The molecule has 3 rings (SSSR count). The van der Waals surface area contributed by atoms with E-state index >= 15 is 0 Å². The highest BCUT2D eigenvalue weighted by Gasteiger charge is 2.30. The van der Waals surface area contributed by atoms with Gasteiger partial charge in [0.25, 0.3) is 0 Å². The number of H-pyrrole nitrogens is 1. The van der Waals surface area contributed by atoms with Crippen molar-refractivity contribution in [3.05, 3.63) is 51.0 Å². The SMILES string of the molecule is O=C(/C=C/c1cc(C(F)(F)F)ccc1Cl)NCc1n[nH]c(=S)n1C1CC1. The van der Waals surface area contributed by atoms with E-state index in [-0.39, 0.29) is 17.1 Å². The molecule has 0 bridgehead atoms. The van der Waals surface area contributed by atoms with Gasteiger partial charge in [0.15, 0.2) is 10.6 Å². The summed E-state index contributed by atoms with van der Waals surface area (Å²) >= 11 is 11.0. The summed E-state index contributed by atoms with van der Waals surface area (Å²) in [5.74, 6) is 0.131. The van der Waals surface area contributed by atoms with Gasteiger partial charge in [-0.15, -0.1) is 0 Å². The molecule has 5 nitrogen and oxygen atoms in total. The van der Waals surface area contributed by atoms with Crippen LogP contribution in [0, 0.1) is 4.77 Å². The number of alkyl halides is 3. The third-order valence-corrected chi connectivity index (χ3v) is 4.48. The van der Waals surface area contributed by atoms with E-state index in [1.165, 1.54) is 6.08 Å². The van der Waals surface area contributed by atoms with Gasteiger partial charge in [-0.3, -0.25) is 14.5 Å². The third kappa shape index (κ3) is 4.34. The predicted octanol–water partition coefficient (Wildman–Crippen LogP) is 4.28. The number of hydrogen-bond donors (Lipinski definition) is 2. The van der Waals surface area contributed by atoms with Crippen molar-refractivity contribution in [3.63, 3.8) is 0 Å². The Bertz CT molecular complexity index is 915. The monoisotopic (exact) mass is 402 g/mol. The quantitative estimate of drug-likeness (QED) is 0.579. The molecular formula is C16H14ClF3N4OS. The Balaban J connectivity index is 1.66. The van der Waals surface area contributed by atoms with Crippen LogP contribution in [-0.2, 0) is 17.5 Å². The lowest BCUT2D eigenvalue weighted by Crippen LogP contribution is -2.22. The fraction of sp³-hybridized carbons (Fsp3) is 0.312. The molecule has 2 N–H and O–H groups in total. The number of nitrogens with one attached hydrogen (secondary N) is 2. The van der Waals surface area contributed by atoms with E-state index in [4.69, 9.17) is 23.8 Å². The zero-order valence-corrected chi connectivity index (χ0v) is 14.9. The molecule has 1 aliphatic rings. The van der Waals surface area contributed by atoms with Crippen molar-refractivity contribution in [1.29, 1.82) is 0 Å². The van der Waals surface area contributed by atoms with Crippen LogP contribution in [0.1, 0.15) is 35.8 Å². The first-order chi connectivity index (χ1) is 12.3. The van der Waals surface area contributed by atoms with E-state index < -0.39 is 17.6 Å². The van der Waals surface area contributed by atoms with Gasteiger partial charge in [0.1, 0.15) is 0 Å². The van der Waals surface area contributed by atoms with E-state index in [1.54, 1.807) is 0 Å². The van der Waals surface area contributed by atoms with Gasteiger partial charge in [0.05, 0.1) is 12.1 Å². The molecule has 10 heteroatoms. The van der Waals surface area contributed by atoms with Crippen LogP contribution < -0.4 is 5.32 Å². The number of benzene rings is 1. The molecule has 1 amide bonds. The Morgan fingerprint density at radius 2 is 2.19 bits per heavy atom. The summed E-state index contributed by atoms with van der Waals surface area (Å²) in [6.45, 7) is 0.156. The van der Waals surface area contributed by atoms with Gasteiger partial charge in [-0.25, -0.2) is 0 Å². The van der Waals surface area contributed by atoms with E-state index in [0.717, 1.165) is 37.1 Å². The molecule has 1 heterocycles. The molecule has 0 atom stereocenters. The molecule has 138 valence electrons. The van der Waals surface area contributed by atoms with Gasteiger partial charge in [-0.05, 0) is 54.9 Å². The van der Waals surface area contributed by atoms with E-state index in [2.05, 4.69) is 15.5 Å². The van der Waals surface area contributed by atoms with Gasteiger partial charge >= 0.3 is 6.18 Å². The fourth-order valence-electron chi connectivity index (χ4n) is 2.41. The summed E-state index contributed by atoms with van der Waals surface area (Å²) in [5, 5.41) is 9.52. The van der Waals surface area contributed by atoms with Gasteiger partial charge in [0.2, 0.25) is 5.91 Å². The molecule has 1 aromatic carbocycles. The number of amides is 1. The Hall–Kier alpha value is -2.13. The largest absolute Gasteiger partial charge is 0.416 e. The smallest absolute Gasteiger partial charge is 0.345 e. The van der Waals surface area contributed by atoms with Crippen molar-refractivity contribution in [1.82, 2.24) is 20.1 Å². The van der Waals surface area contributed by atoms with Crippen LogP contribution in [0.4, 0.5) is 13.2 Å². The molecule has 0 aliphatic heterocycles. The molecule has 0 spiro atoms. The van der Waals surface area contributed by atoms with Crippen LogP contribution in [0.2, 0.25) is 5.02 Å². The van der Waals surface area contributed by atoms with Crippen molar-refractivity contribution in [2.75, 3.05) is 0 Å². The second-order valence-corrected chi connectivity index (χ2v) is 6.63. The van der Waals surface area contributed by atoms with Crippen molar-refractivity contribution in [2.45, 2.75) is 31.6 Å². The number of rotatable bonds is 5. The van der Waals surface area contributed by atoms with Crippen LogP contribution in [-0.4, -0.2) is 20.7 Å². The molecule has 1 aliphatic carbocycles. The minimum absolute atomic E-state index is 0.109. The Labute approximate surface area is 156 Å². The Kier molecular flexibility index (Phi) is 5.19. The van der Waals surface area contributed by atoms with Crippen LogP contribution in [0.15, 0.2) is 24.3 Å². The van der Waals surface area contributed by atoms with Crippen molar-refractivity contribution in [2.24, 2.45) is 0 Å². The fourth-order valence-corrected chi connectivity index (χ4v) is 2.89. The molecule has 26 heavy (non-hydrogen) atoms. The normalized spacial score (nSPS) is 14.8. The number of halogens is 4. The van der Waals surface area contributed by atoms with Gasteiger partial charge < -0.3 is 5.32 Å². The van der Waals surface area contributed by atoms with Gasteiger partial charge in [-0.1, -0.05) is 11.6 Å². The lowest BCUT2D eigenvalue weighted by molar-refractivity contribution is -0.137. The maximum Gasteiger partial charge on any atom is 0.416 e. The molecule has 1 fully saturated rings. The summed E-state index contributed by atoms with van der Waals surface area (Å²) < 4.78 is 40.6. The topological polar surface area (TPSA) is 62.7 Å². The number of carbonyl (C=O) groups is 1. The van der Waals surface area contributed by atoms with Crippen LogP contribution >= 0.6 is 23.8 Å². The summed E-state index contributed by atoms with van der Waals surface area (Å²) in [6, 6.07) is 3.24. The average molecular weight is 403 g/mol. The minimum atomic E-state index is -4.48. The summed E-state index contributed by atoms with van der Waals surface area (Å²) in [6.07, 6.45) is -0.0752. The second kappa shape index (κ2) is 7.24. The number of aromatic amines is 1. The third-order valence-electron chi connectivity index (χ3n) is 3.85. The first-order valence-electron chi connectivity index (χ1n) is 7.74. The average Bonchev–Trinajstić information content (AvgIpc) is 3.34. The number of aromatic nitrogens is 3. The summed E-state index contributed by atoms with van der Waals surface area (Å²) in [4.78, 5) is 11.9. The highest BCUT2D eigenvalue weighted by atomic mass is 35.5. The van der Waals surface area contributed by atoms with Gasteiger partial charge in [-0.2, -0.15) is 18.3 Å². The van der Waals surface area contributed by atoms with E-state index in [0.29, 0.717) is 16.6 Å². The molecule has 1 saturated carbocycles. The highest BCUT2D eigenvalue weighted by molar-refractivity contribution is 7.71. The van der Waals surface area contributed by atoms with Crippen LogP contribution in [0.5, 0.6) is 0 Å². The minimum Gasteiger partial charge on any atom is -0.345 e. The first kappa shape index (κ1) is 18.7. The first-order valence-corrected chi connectivity index (χ1v) is 8.53. The Morgan fingerprint density at radius 3 is 2.85 bits per heavy atom. The van der Waals surface area contributed by atoms with E-state index in [9.17, 15) is 18.0 Å². The maximum atomic E-state index is 12.7. The maximum absolute atomic E-state index is 12.7. The van der Waals surface area contributed by atoms with E-state index in [1.807, 2.05) is 4.57 Å². The lowest BCUT2D eigenvalue weighted by atomic mass is 10.1. The summed E-state index contributed by atoms with van der Waals surface area (Å²) in [7, 11) is 0. The molecule has 0 unspecified atom stereocenters. The van der Waals surface area contributed by atoms with Crippen molar-refractivity contribution >= 4 is 35.8 Å². The molecule has 1 aromatic heterocycles. The lowest BCUT2D eigenvalue weighted by Gasteiger charge is -2.08. The molecule has 2 aromatic rings. The number of hydrogen-bond acceptors (Lipinski definition) is 3. The number of carbonyl (C=O) groups excluding carboxylic acids is 1.